The maximum Gasteiger partial charge on any atom is 0.250 e. The summed E-state index contributed by atoms with van der Waals surface area (Å²) < 4.78 is 13.9. The maximum absolute atomic E-state index is 13.9. The molecule has 20 heavy (non-hydrogen) atoms. The van der Waals surface area contributed by atoms with Crippen LogP contribution in [0, 0.1) is 11.7 Å². The van der Waals surface area contributed by atoms with Crippen LogP contribution >= 0.6 is 11.6 Å². The Hall–Kier alpha value is -1.62. The Morgan fingerprint density at radius 2 is 2.20 bits per heavy atom. The van der Waals surface area contributed by atoms with E-state index in [0.717, 1.165) is 11.3 Å². The summed E-state index contributed by atoms with van der Waals surface area (Å²) in [6.07, 6.45) is 0.732. The van der Waals surface area contributed by atoms with Gasteiger partial charge in [-0.3, -0.25) is 14.5 Å². The van der Waals surface area contributed by atoms with Crippen LogP contribution in [0.2, 0.25) is 5.02 Å². The van der Waals surface area contributed by atoms with Gasteiger partial charge in [0.1, 0.15) is 18.4 Å². The summed E-state index contributed by atoms with van der Waals surface area (Å²) in [6, 6.07) is 3.54. The fraction of sp³-hybridized carbons (Fsp3) is 0.429. The number of carbonyl (C=O) groups is 2. The first-order chi connectivity index (χ1) is 9.45. The number of benzene rings is 1. The lowest BCUT2D eigenvalue weighted by atomic mass is 9.96. The second kappa shape index (κ2) is 5.79. The van der Waals surface area contributed by atoms with Crippen molar-refractivity contribution in [2.45, 2.75) is 26.3 Å². The Morgan fingerprint density at radius 3 is 2.80 bits per heavy atom. The predicted octanol–water partition coefficient (Wildman–Crippen LogP) is 2.36. The van der Waals surface area contributed by atoms with Gasteiger partial charge in [0, 0.05) is 0 Å². The lowest BCUT2D eigenvalue weighted by Gasteiger charge is -2.35. The zero-order valence-electron chi connectivity index (χ0n) is 11.3. The molecule has 108 valence electrons. The Kier molecular flexibility index (Phi) is 4.28. The molecule has 1 heterocycles. The summed E-state index contributed by atoms with van der Waals surface area (Å²) in [5.74, 6) is -1.27. The van der Waals surface area contributed by atoms with Gasteiger partial charge in [-0.2, -0.15) is 0 Å². The number of rotatable bonds is 3. The number of anilines is 1. The van der Waals surface area contributed by atoms with E-state index in [2.05, 4.69) is 5.32 Å². The maximum atomic E-state index is 13.9. The van der Waals surface area contributed by atoms with Crippen molar-refractivity contribution in [2.75, 3.05) is 11.4 Å². The van der Waals surface area contributed by atoms with Crippen molar-refractivity contribution >= 4 is 29.1 Å². The third kappa shape index (κ3) is 2.63. The standard InChI is InChI=1S/C14H16ClFN2O2/c1-3-8(2)12-14(20)18(7-11(19)17-12)13-9(15)5-4-6-10(13)16/h4-6,8,12H,3,7H2,1-2H3,(H,17,19). The fourth-order valence-electron chi connectivity index (χ4n) is 2.23. The van der Waals surface area contributed by atoms with E-state index < -0.39 is 11.9 Å². The second-order valence-corrected chi connectivity index (χ2v) is 5.33. The lowest BCUT2D eigenvalue weighted by Crippen LogP contribution is -2.60. The number of hydrogen-bond acceptors (Lipinski definition) is 2. The van der Waals surface area contributed by atoms with Gasteiger partial charge in [-0.25, -0.2) is 4.39 Å². The topological polar surface area (TPSA) is 49.4 Å². The van der Waals surface area contributed by atoms with Crippen molar-refractivity contribution in [1.82, 2.24) is 5.32 Å². The highest BCUT2D eigenvalue weighted by atomic mass is 35.5. The molecule has 2 atom stereocenters. The first-order valence-electron chi connectivity index (χ1n) is 6.50. The van der Waals surface area contributed by atoms with Gasteiger partial charge >= 0.3 is 0 Å². The molecular weight excluding hydrogens is 283 g/mol. The van der Waals surface area contributed by atoms with Crippen LogP contribution in [0.4, 0.5) is 10.1 Å². The lowest BCUT2D eigenvalue weighted by molar-refractivity contribution is -0.132. The second-order valence-electron chi connectivity index (χ2n) is 4.93. The molecule has 4 nitrogen and oxygen atoms in total. The average Bonchev–Trinajstić information content (AvgIpc) is 2.41. The number of para-hydroxylation sites is 1. The number of amides is 2. The van der Waals surface area contributed by atoms with Crippen LogP contribution in [0.5, 0.6) is 0 Å². The Bertz CT molecular complexity index is 530. The third-order valence-corrected chi connectivity index (χ3v) is 3.88. The zero-order valence-corrected chi connectivity index (χ0v) is 12.1. The minimum atomic E-state index is -0.642. The molecule has 0 aromatic heterocycles. The number of halogens is 2. The first-order valence-corrected chi connectivity index (χ1v) is 6.88. The van der Waals surface area contributed by atoms with E-state index in [1.807, 2.05) is 13.8 Å². The van der Waals surface area contributed by atoms with E-state index in [9.17, 15) is 14.0 Å². The zero-order chi connectivity index (χ0) is 14.9. The van der Waals surface area contributed by atoms with Gasteiger partial charge in [0.05, 0.1) is 10.7 Å². The molecule has 1 aromatic carbocycles. The Balaban J connectivity index is 2.40. The summed E-state index contributed by atoms with van der Waals surface area (Å²) in [5, 5.41) is 2.78. The molecule has 2 amide bonds. The molecule has 0 radical (unpaired) electrons. The van der Waals surface area contributed by atoms with Crippen molar-refractivity contribution in [2.24, 2.45) is 5.92 Å². The van der Waals surface area contributed by atoms with Crippen molar-refractivity contribution < 1.29 is 14.0 Å². The minimum absolute atomic E-state index is 0.0256. The van der Waals surface area contributed by atoms with E-state index in [4.69, 9.17) is 11.6 Å². The SMILES string of the molecule is CCC(C)C1NC(=O)CN(c2c(F)cccc2Cl)C1=O. The molecule has 0 aliphatic carbocycles. The van der Waals surface area contributed by atoms with Crippen molar-refractivity contribution in [3.05, 3.63) is 29.0 Å². The summed E-state index contributed by atoms with van der Waals surface area (Å²) >= 11 is 5.97. The molecule has 1 aromatic rings. The summed E-state index contributed by atoms with van der Waals surface area (Å²) in [7, 11) is 0. The van der Waals surface area contributed by atoms with E-state index >= 15 is 0 Å². The number of carbonyl (C=O) groups excluding carboxylic acids is 2. The van der Waals surface area contributed by atoms with Gasteiger partial charge in [0.25, 0.3) is 0 Å². The minimum Gasteiger partial charge on any atom is -0.342 e. The fourth-order valence-corrected chi connectivity index (χ4v) is 2.49. The number of nitrogens with zero attached hydrogens (tertiary/aromatic N) is 1. The molecule has 1 saturated heterocycles. The molecule has 0 spiro atoms. The molecule has 1 N–H and O–H groups in total. The molecule has 6 heteroatoms. The predicted molar refractivity (Wildman–Crippen MR) is 75.1 cm³/mol. The molecule has 2 rings (SSSR count). The normalized spacial score (nSPS) is 20.8. The molecule has 1 aliphatic rings. The smallest absolute Gasteiger partial charge is 0.250 e. The average molecular weight is 299 g/mol. The Morgan fingerprint density at radius 1 is 1.50 bits per heavy atom. The van der Waals surface area contributed by atoms with Crippen molar-refractivity contribution in [3.63, 3.8) is 0 Å². The van der Waals surface area contributed by atoms with Crippen molar-refractivity contribution in [3.8, 4) is 0 Å². The number of piperazine rings is 1. The van der Waals surface area contributed by atoms with Crippen molar-refractivity contribution in [1.29, 1.82) is 0 Å². The quantitative estimate of drug-likeness (QED) is 0.931. The molecule has 1 fully saturated rings. The van der Waals surface area contributed by atoms with Crippen LogP contribution in [0.3, 0.4) is 0 Å². The van der Waals surface area contributed by atoms with Crippen LogP contribution in [0.1, 0.15) is 20.3 Å². The van der Waals surface area contributed by atoms with E-state index in [1.165, 1.54) is 18.2 Å². The van der Waals surface area contributed by atoms with Crippen LogP contribution in [-0.2, 0) is 9.59 Å². The number of hydrogen-bond donors (Lipinski definition) is 1. The van der Waals surface area contributed by atoms with E-state index in [1.54, 1.807) is 0 Å². The van der Waals surface area contributed by atoms with Gasteiger partial charge in [-0.15, -0.1) is 0 Å². The highest BCUT2D eigenvalue weighted by Gasteiger charge is 2.37. The molecule has 0 saturated carbocycles. The number of nitrogens with one attached hydrogen (secondary N) is 1. The van der Waals surface area contributed by atoms with E-state index in [0.29, 0.717) is 0 Å². The van der Waals surface area contributed by atoms with Gasteiger partial charge in [0.2, 0.25) is 11.8 Å². The monoisotopic (exact) mass is 298 g/mol. The summed E-state index contributed by atoms with van der Waals surface area (Å²) in [4.78, 5) is 25.4. The summed E-state index contributed by atoms with van der Waals surface area (Å²) in [6.45, 7) is 3.58. The van der Waals surface area contributed by atoms with Crippen LogP contribution in [0.15, 0.2) is 18.2 Å². The molecule has 1 aliphatic heterocycles. The van der Waals surface area contributed by atoms with Gasteiger partial charge < -0.3 is 5.32 Å². The molecule has 2 unspecified atom stereocenters. The van der Waals surface area contributed by atoms with Crippen LogP contribution in [0.25, 0.3) is 0 Å². The first kappa shape index (κ1) is 14.8. The molecular formula is C14H16ClFN2O2. The highest BCUT2D eigenvalue weighted by molar-refractivity contribution is 6.34. The van der Waals surface area contributed by atoms with E-state index in [-0.39, 0.29) is 35.0 Å². The van der Waals surface area contributed by atoms with Gasteiger partial charge in [0.15, 0.2) is 0 Å². The third-order valence-electron chi connectivity index (χ3n) is 3.57. The largest absolute Gasteiger partial charge is 0.342 e. The van der Waals surface area contributed by atoms with Gasteiger partial charge in [-0.05, 0) is 18.1 Å². The molecule has 0 bridgehead atoms. The highest BCUT2D eigenvalue weighted by Crippen LogP contribution is 2.31. The van der Waals surface area contributed by atoms with Crippen LogP contribution in [-0.4, -0.2) is 24.4 Å². The van der Waals surface area contributed by atoms with Gasteiger partial charge in [-0.1, -0.05) is 37.9 Å². The summed E-state index contributed by atoms with van der Waals surface area (Å²) in [5.41, 5.74) is -0.0256. The van der Waals surface area contributed by atoms with Crippen LogP contribution < -0.4 is 10.2 Å². The Labute approximate surface area is 121 Å².